The Morgan fingerprint density at radius 2 is 2.11 bits per heavy atom. The molecule has 0 bridgehead atoms. The lowest BCUT2D eigenvalue weighted by atomic mass is 10.1. The van der Waals surface area contributed by atoms with Gasteiger partial charge in [-0.3, -0.25) is 4.98 Å². The summed E-state index contributed by atoms with van der Waals surface area (Å²) in [5.74, 6) is 0. The van der Waals surface area contributed by atoms with E-state index in [0.717, 1.165) is 12.0 Å². The maximum absolute atomic E-state index is 12.3. The summed E-state index contributed by atoms with van der Waals surface area (Å²) in [6.45, 7) is 4.58. The lowest BCUT2D eigenvalue weighted by Gasteiger charge is -2.19. The van der Waals surface area contributed by atoms with Crippen LogP contribution < -0.4 is 5.32 Å². The number of nitrogens with one attached hydrogen (secondary N) is 1. The lowest BCUT2D eigenvalue weighted by molar-refractivity contribution is -0.136. The Kier molecular flexibility index (Phi) is 5.59. The molecule has 1 atom stereocenters. The summed E-state index contributed by atoms with van der Waals surface area (Å²) in [5, 5.41) is 3.12. The zero-order chi connectivity index (χ0) is 13.6. The van der Waals surface area contributed by atoms with Crippen LogP contribution in [0.25, 0.3) is 0 Å². The van der Waals surface area contributed by atoms with Crippen molar-refractivity contribution in [2.75, 3.05) is 6.54 Å². The van der Waals surface area contributed by atoms with Crippen LogP contribution in [0.4, 0.5) is 13.2 Å². The number of alkyl halides is 3. The molecular weight excluding hydrogens is 241 g/mol. The summed E-state index contributed by atoms with van der Waals surface area (Å²) in [6, 6.07) is 3.35. The normalized spacial score (nSPS) is 13.6. The van der Waals surface area contributed by atoms with E-state index in [1.54, 1.807) is 6.20 Å². The molecule has 0 aliphatic heterocycles. The number of halogens is 3. The van der Waals surface area contributed by atoms with E-state index < -0.39 is 12.6 Å². The third-order valence-corrected chi connectivity index (χ3v) is 2.65. The average molecular weight is 260 g/mol. The van der Waals surface area contributed by atoms with Crippen LogP contribution in [0.1, 0.15) is 43.5 Å². The van der Waals surface area contributed by atoms with Crippen LogP contribution in [0.5, 0.6) is 0 Å². The Bertz CT molecular complexity index is 363. The highest BCUT2D eigenvalue weighted by atomic mass is 19.4. The molecule has 0 saturated carbocycles. The summed E-state index contributed by atoms with van der Waals surface area (Å²) in [7, 11) is 0. The van der Waals surface area contributed by atoms with Crippen molar-refractivity contribution in [1.82, 2.24) is 10.3 Å². The first kappa shape index (κ1) is 15.0. The van der Waals surface area contributed by atoms with Gasteiger partial charge in [0.15, 0.2) is 0 Å². The molecule has 0 aliphatic carbocycles. The van der Waals surface area contributed by atoms with Crippen molar-refractivity contribution >= 4 is 0 Å². The van der Waals surface area contributed by atoms with Crippen molar-refractivity contribution in [2.24, 2.45) is 0 Å². The molecule has 0 aliphatic rings. The number of nitrogens with zero attached hydrogens (tertiary/aromatic N) is 1. The van der Waals surface area contributed by atoms with E-state index in [2.05, 4.69) is 10.3 Å². The SMILES string of the molecule is CCCNC(CCC(F)(F)F)c1cc(C)ccn1. The molecule has 1 rings (SSSR count). The minimum atomic E-state index is -4.12. The van der Waals surface area contributed by atoms with E-state index in [-0.39, 0.29) is 12.5 Å². The molecule has 1 unspecified atom stereocenters. The van der Waals surface area contributed by atoms with E-state index in [4.69, 9.17) is 0 Å². The van der Waals surface area contributed by atoms with Crippen LogP contribution in [-0.2, 0) is 0 Å². The number of pyridine rings is 1. The van der Waals surface area contributed by atoms with Gasteiger partial charge in [-0.25, -0.2) is 0 Å². The number of aryl methyl sites for hydroxylation is 1. The fraction of sp³-hybridized carbons (Fsp3) is 0.615. The first-order valence-electron chi connectivity index (χ1n) is 6.15. The molecule has 0 amide bonds. The largest absolute Gasteiger partial charge is 0.389 e. The molecule has 5 heteroatoms. The van der Waals surface area contributed by atoms with E-state index in [1.165, 1.54) is 0 Å². The Hall–Kier alpha value is -1.10. The van der Waals surface area contributed by atoms with Crippen molar-refractivity contribution in [3.63, 3.8) is 0 Å². The molecule has 102 valence electrons. The molecule has 1 N–H and O–H groups in total. The van der Waals surface area contributed by atoms with Gasteiger partial charge in [0.1, 0.15) is 0 Å². The number of rotatable bonds is 6. The molecule has 1 aromatic heterocycles. The second kappa shape index (κ2) is 6.73. The van der Waals surface area contributed by atoms with Gasteiger partial charge in [0, 0.05) is 18.7 Å². The van der Waals surface area contributed by atoms with Gasteiger partial charge < -0.3 is 5.32 Å². The predicted molar refractivity (Wildman–Crippen MR) is 65.3 cm³/mol. The summed E-state index contributed by atoms with van der Waals surface area (Å²) >= 11 is 0. The first-order chi connectivity index (χ1) is 8.42. The van der Waals surface area contributed by atoms with Gasteiger partial charge in [0.25, 0.3) is 0 Å². The topological polar surface area (TPSA) is 24.9 Å². The van der Waals surface area contributed by atoms with Crippen LogP contribution in [-0.4, -0.2) is 17.7 Å². The van der Waals surface area contributed by atoms with E-state index in [9.17, 15) is 13.2 Å². The Balaban J connectivity index is 2.71. The molecule has 1 heterocycles. The molecule has 0 fully saturated rings. The predicted octanol–water partition coefficient (Wildman–Crippen LogP) is 3.77. The average Bonchev–Trinajstić information content (AvgIpc) is 2.28. The van der Waals surface area contributed by atoms with Crippen molar-refractivity contribution in [3.8, 4) is 0 Å². The fourth-order valence-electron chi connectivity index (χ4n) is 1.73. The van der Waals surface area contributed by atoms with Crippen LogP contribution in [0, 0.1) is 6.92 Å². The third kappa shape index (κ3) is 5.49. The lowest BCUT2D eigenvalue weighted by Crippen LogP contribution is -2.25. The van der Waals surface area contributed by atoms with E-state index in [1.807, 2.05) is 26.0 Å². The van der Waals surface area contributed by atoms with Crippen LogP contribution in [0.15, 0.2) is 18.3 Å². The van der Waals surface area contributed by atoms with Gasteiger partial charge in [-0.05, 0) is 44.0 Å². The van der Waals surface area contributed by atoms with Crippen LogP contribution in [0.2, 0.25) is 0 Å². The quantitative estimate of drug-likeness (QED) is 0.842. The minimum absolute atomic E-state index is 0.0277. The summed E-state index contributed by atoms with van der Waals surface area (Å²) in [5.41, 5.74) is 1.70. The molecular formula is C13H19F3N2. The van der Waals surface area contributed by atoms with E-state index in [0.29, 0.717) is 12.2 Å². The van der Waals surface area contributed by atoms with Gasteiger partial charge in [-0.15, -0.1) is 0 Å². The second-order valence-electron chi connectivity index (χ2n) is 4.42. The number of aromatic nitrogens is 1. The zero-order valence-corrected chi connectivity index (χ0v) is 10.7. The smallest absolute Gasteiger partial charge is 0.309 e. The van der Waals surface area contributed by atoms with Crippen molar-refractivity contribution in [2.45, 2.75) is 45.3 Å². The van der Waals surface area contributed by atoms with Crippen molar-refractivity contribution in [3.05, 3.63) is 29.6 Å². The van der Waals surface area contributed by atoms with Gasteiger partial charge in [0.05, 0.1) is 5.69 Å². The van der Waals surface area contributed by atoms with Crippen LogP contribution >= 0.6 is 0 Å². The van der Waals surface area contributed by atoms with Gasteiger partial charge in [0.2, 0.25) is 0 Å². The van der Waals surface area contributed by atoms with Crippen molar-refractivity contribution < 1.29 is 13.2 Å². The molecule has 2 nitrogen and oxygen atoms in total. The van der Waals surface area contributed by atoms with Crippen molar-refractivity contribution in [1.29, 1.82) is 0 Å². The van der Waals surface area contributed by atoms with Gasteiger partial charge >= 0.3 is 6.18 Å². The van der Waals surface area contributed by atoms with E-state index >= 15 is 0 Å². The molecule has 0 saturated heterocycles. The maximum Gasteiger partial charge on any atom is 0.389 e. The monoisotopic (exact) mass is 260 g/mol. The van der Waals surface area contributed by atoms with Crippen LogP contribution in [0.3, 0.4) is 0 Å². The molecule has 1 aromatic rings. The maximum atomic E-state index is 12.3. The Morgan fingerprint density at radius 3 is 2.67 bits per heavy atom. The molecule has 0 spiro atoms. The first-order valence-corrected chi connectivity index (χ1v) is 6.15. The highest BCUT2D eigenvalue weighted by Gasteiger charge is 2.28. The number of hydrogen-bond acceptors (Lipinski definition) is 2. The highest BCUT2D eigenvalue weighted by molar-refractivity contribution is 5.17. The standard InChI is InChI=1S/C13H19F3N2/c1-3-7-17-11(4-6-13(14,15)16)12-9-10(2)5-8-18-12/h5,8-9,11,17H,3-4,6-7H2,1-2H3. The summed E-state index contributed by atoms with van der Waals surface area (Å²) < 4.78 is 36.9. The number of hydrogen-bond donors (Lipinski definition) is 1. The highest BCUT2D eigenvalue weighted by Crippen LogP contribution is 2.27. The summed E-state index contributed by atoms with van der Waals surface area (Å²) in [4.78, 5) is 4.16. The fourth-order valence-corrected chi connectivity index (χ4v) is 1.73. The molecule has 18 heavy (non-hydrogen) atoms. The van der Waals surface area contributed by atoms with Gasteiger partial charge in [-0.1, -0.05) is 6.92 Å². The summed E-state index contributed by atoms with van der Waals surface area (Å²) in [6.07, 6.45) is -2.35. The molecule has 0 aromatic carbocycles. The third-order valence-electron chi connectivity index (χ3n) is 2.65. The Morgan fingerprint density at radius 1 is 1.39 bits per heavy atom. The van der Waals surface area contributed by atoms with Gasteiger partial charge in [-0.2, -0.15) is 13.2 Å². The zero-order valence-electron chi connectivity index (χ0n) is 10.7. The minimum Gasteiger partial charge on any atom is -0.309 e. The molecule has 0 radical (unpaired) electrons. The second-order valence-corrected chi connectivity index (χ2v) is 4.42. The Labute approximate surface area is 106 Å².